The van der Waals surface area contributed by atoms with Crippen molar-refractivity contribution in [3.8, 4) is 0 Å². The largest absolute Gasteiger partial charge is 0.354 e. The van der Waals surface area contributed by atoms with Crippen LogP contribution in [0.15, 0.2) is 24.3 Å². The number of carbonyl (C=O) groups is 1. The second-order valence-electron chi connectivity index (χ2n) is 6.66. The van der Waals surface area contributed by atoms with Crippen molar-refractivity contribution < 1.29 is 9.18 Å². The highest BCUT2D eigenvalue weighted by molar-refractivity contribution is 5.88. The molecule has 2 aliphatic rings. The minimum atomic E-state index is -0.543. The van der Waals surface area contributed by atoms with Crippen molar-refractivity contribution in [3.05, 3.63) is 35.6 Å². The molecule has 1 atom stereocenters. The molecular formula is C18H25FN2O. The van der Waals surface area contributed by atoms with Crippen LogP contribution in [-0.2, 0) is 10.2 Å². The van der Waals surface area contributed by atoms with Crippen LogP contribution >= 0.6 is 0 Å². The molecule has 22 heavy (non-hydrogen) atoms. The fraction of sp³-hybridized carbons (Fsp3) is 0.611. The van der Waals surface area contributed by atoms with Crippen LogP contribution in [0, 0.1) is 5.82 Å². The first-order valence-electron chi connectivity index (χ1n) is 8.48. The summed E-state index contributed by atoms with van der Waals surface area (Å²) in [6.07, 6.45) is 7.16. The van der Waals surface area contributed by atoms with Crippen LogP contribution < -0.4 is 10.6 Å². The van der Waals surface area contributed by atoms with Crippen molar-refractivity contribution in [2.24, 2.45) is 0 Å². The van der Waals surface area contributed by atoms with E-state index in [0.717, 1.165) is 50.6 Å². The quantitative estimate of drug-likeness (QED) is 0.898. The summed E-state index contributed by atoms with van der Waals surface area (Å²) >= 11 is 0. The van der Waals surface area contributed by atoms with E-state index in [1.165, 1.54) is 12.5 Å². The molecule has 1 aromatic rings. The standard InChI is InChI=1S/C18H25FN2O/c19-15-7-4-6-14(12-15)18(9-2-1-3-10-18)17(22)21-13-16-8-5-11-20-16/h4,6-7,12,16,20H,1-3,5,8-11,13H2,(H,21,22). The van der Waals surface area contributed by atoms with E-state index in [-0.39, 0.29) is 11.7 Å². The first-order chi connectivity index (χ1) is 10.7. The molecular weight excluding hydrogens is 279 g/mol. The lowest BCUT2D eigenvalue weighted by molar-refractivity contribution is -0.128. The van der Waals surface area contributed by atoms with Gasteiger partial charge in [0.1, 0.15) is 5.82 Å². The summed E-state index contributed by atoms with van der Waals surface area (Å²) in [4.78, 5) is 12.9. The molecule has 1 amide bonds. The topological polar surface area (TPSA) is 41.1 Å². The van der Waals surface area contributed by atoms with Gasteiger partial charge in [0.05, 0.1) is 5.41 Å². The fourth-order valence-corrected chi connectivity index (χ4v) is 3.90. The molecule has 1 unspecified atom stereocenters. The Morgan fingerprint density at radius 3 is 2.77 bits per heavy atom. The molecule has 1 saturated heterocycles. The van der Waals surface area contributed by atoms with E-state index in [0.29, 0.717) is 12.6 Å². The van der Waals surface area contributed by atoms with Crippen LogP contribution in [0.3, 0.4) is 0 Å². The SMILES string of the molecule is O=C(NCC1CCCN1)C1(c2cccc(F)c2)CCCCC1. The molecule has 2 N–H and O–H groups in total. The van der Waals surface area contributed by atoms with Gasteiger partial charge >= 0.3 is 0 Å². The summed E-state index contributed by atoms with van der Waals surface area (Å²) < 4.78 is 13.6. The maximum absolute atomic E-state index is 13.6. The average Bonchev–Trinajstić information content (AvgIpc) is 3.06. The monoisotopic (exact) mass is 304 g/mol. The molecule has 0 spiro atoms. The number of carbonyl (C=O) groups excluding carboxylic acids is 1. The number of halogens is 1. The summed E-state index contributed by atoms with van der Waals surface area (Å²) in [7, 11) is 0. The van der Waals surface area contributed by atoms with E-state index >= 15 is 0 Å². The number of amides is 1. The van der Waals surface area contributed by atoms with Crippen molar-refractivity contribution in [3.63, 3.8) is 0 Å². The van der Waals surface area contributed by atoms with Crippen LogP contribution in [0.2, 0.25) is 0 Å². The summed E-state index contributed by atoms with van der Waals surface area (Å²) in [5.74, 6) is -0.181. The van der Waals surface area contributed by atoms with Gasteiger partial charge in [-0.3, -0.25) is 4.79 Å². The molecule has 0 radical (unpaired) electrons. The Kier molecular flexibility index (Phi) is 4.77. The molecule has 120 valence electrons. The van der Waals surface area contributed by atoms with Gasteiger partial charge in [-0.1, -0.05) is 31.4 Å². The number of hydrogen-bond donors (Lipinski definition) is 2. The Morgan fingerprint density at radius 1 is 1.27 bits per heavy atom. The highest BCUT2D eigenvalue weighted by atomic mass is 19.1. The minimum absolute atomic E-state index is 0.0755. The van der Waals surface area contributed by atoms with Gasteiger partial charge in [-0.2, -0.15) is 0 Å². The fourth-order valence-electron chi connectivity index (χ4n) is 3.90. The van der Waals surface area contributed by atoms with E-state index < -0.39 is 5.41 Å². The summed E-state index contributed by atoms with van der Waals surface area (Å²) in [6, 6.07) is 6.99. The smallest absolute Gasteiger partial charge is 0.230 e. The van der Waals surface area contributed by atoms with Crippen molar-refractivity contribution in [1.29, 1.82) is 0 Å². The maximum Gasteiger partial charge on any atom is 0.230 e. The third kappa shape index (κ3) is 3.17. The van der Waals surface area contributed by atoms with Crippen LogP contribution in [0.5, 0.6) is 0 Å². The lowest BCUT2D eigenvalue weighted by Gasteiger charge is -2.36. The summed E-state index contributed by atoms with van der Waals surface area (Å²) in [5, 5.41) is 6.53. The normalized spacial score (nSPS) is 24.1. The van der Waals surface area contributed by atoms with Gasteiger partial charge in [-0.05, 0) is 49.9 Å². The predicted molar refractivity (Wildman–Crippen MR) is 85.2 cm³/mol. The van der Waals surface area contributed by atoms with Crippen LogP contribution in [0.1, 0.15) is 50.5 Å². The van der Waals surface area contributed by atoms with Gasteiger partial charge in [0, 0.05) is 12.6 Å². The van der Waals surface area contributed by atoms with Gasteiger partial charge in [-0.25, -0.2) is 4.39 Å². The van der Waals surface area contributed by atoms with Crippen molar-refractivity contribution >= 4 is 5.91 Å². The second kappa shape index (κ2) is 6.78. The Balaban J connectivity index is 1.77. The van der Waals surface area contributed by atoms with Crippen LogP contribution in [0.4, 0.5) is 4.39 Å². The predicted octanol–water partition coefficient (Wildman–Crippen LogP) is 2.90. The van der Waals surface area contributed by atoms with Gasteiger partial charge in [0.2, 0.25) is 5.91 Å². The molecule has 3 nitrogen and oxygen atoms in total. The number of hydrogen-bond acceptors (Lipinski definition) is 2. The third-order valence-electron chi connectivity index (χ3n) is 5.19. The molecule has 0 aromatic heterocycles. The zero-order valence-electron chi connectivity index (χ0n) is 13.0. The molecule has 1 aliphatic carbocycles. The Morgan fingerprint density at radius 2 is 2.09 bits per heavy atom. The van der Waals surface area contributed by atoms with Crippen LogP contribution in [0.25, 0.3) is 0 Å². The highest BCUT2D eigenvalue weighted by Gasteiger charge is 2.41. The Bertz CT molecular complexity index is 520. The second-order valence-corrected chi connectivity index (χ2v) is 6.66. The number of rotatable bonds is 4. The Hall–Kier alpha value is -1.42. The molecule has 0 bridgehead atoms. The Labute approximate surface area is 131 Å². The first-order valence-corrected chi connectivity index (χ1v) is 8.48. The average molecular weight is 304 g/mol. The summed E-state index contributed by atoms with van der Waals surface area (Å²) in [5.41, 5.74) is 0.294. The molecule has 1 aliphatic heterocycles. The number of nitrogens with one attached hydrogen (secondary N) is 2. The van der Waals surface area contributed by atoms with Gasteiger partial charge in [0.25, 0.3) is 0 Å². The van der Waals surface area contributed by atoms with E-state index in [2.05, 4.69) is 10.6 Å². The lowest BCUT2D eigenvalue weighted by atomic mass is 9.68. The first kappa shape index (κ1) is 15.5. The molecule has 2 fully saturated rings. The van der Waals surface area contributed by atoms with E-state index in [1.807, 2.05) is 6.07 Å². The van der Waals surface area contributed by atoms with Crippen LogP contribution in [-0.4, -0.2) is 25.0 Å². The van der Waals surface area contributed by atoms with Crippen molar-refractivity contribution in [2.75, 3.05) is 13.1 Å². The molecule has 4 heteroatoms. The number of benzene rings is 1. The van der Waals surface area contributed by atoms with Gasteiger partial charge < -0.3 is 10.6 Å². The van der Waals surface area contributed by atoms with Gasteiger partial charge in [0.15, 0.2) is 0 Å². The minimum Gasteiger partial charge on any atom is -0.354 e. The van der Waals surface area contributed by atoms with E-state index in [4.69, 9.17) is 0 Å². The van der Waals surface area contributed by atoms with Crippen molar-refractivity contribution in [1.82, 2.24) is 10.6 Å². The van der Waals surface area contributed by atoms with E-state index in [1.54, 1.807) is 12.1 Å². The molecule has 1 heterocycles. The van der Waals surface area contributed by atoms with E-state index in [9.17, 15) is 9.18 Å². The third-order valence-corrected chi connectivity index (χ3v) is 5.19. The summed E-state index contributed by atoms with van der Waals surface area (Å²) in [6.45, 7) is 1.71. The zero-order valence-corrected chi connectivity index (χ0v) is 13.0. The molecule has 1 aromatic carbocycles. The molecule has 1 saturated carbocycles. The zero-order chi connectivity index (χ0) is 15.4. The van der Waals surface area contributed by atoms with Gasteiger partial charge in [-0.15, -0.1) is 0 Å². The highest BCUT2D eigenvalue weighted by Crippen LogP contribution is 2.40. The maximum atomic E-state index is 13.6. The lowest BCUT2D eigenvalue weighted by Crippen LogP contribution is -2.48. The molecule has 3 rings (SSSR count). The van der Waals surface area contributed by atoms with Crippen molar-refractivity contribution in [2.45, 2.75) is 56.4 Å².